The lowest BCUT2D eigenvalue weighted by Gasteiger charge is -2.13. The van der Waals surface area contributed by atoms with Crippen LogP contribution in [0.2, 0.25) is 5.02 Å². The van der Waals surface area contributed by atoms with E-state index in [1.54, 1.807) is 42.5 Å². The third kappa shape index (κ3) is 3.83. The summed E-state index contributed by atoms with van der Waals surface area (Å²) in [5.74, 6) is -1.04. The van der Waals surface area contributed by atoms with Crippen LogP contribution < -0.4 is 5.63 Å². The van der Waals surface area contributed by atoms with E-state index in [0.29, 0.717) is 32.7 Å². The lowest BCUT2D eigenvalue weighted by molar-refractivity contribution is -0.131. The number of benzene rings is 3. The molecule has 2 N–H and O–H groups in total. The number of phenolic OH excluding ortho intramolecular Hbond substituents is 1. The fourth-order valence-corrected chi connectivity index (χ4v) is 3.42. The largest absolute Gasteiger partial charge is 0.508 e. The normalized spacial score (nSPS) is 11.2. The number of rotatable bonds is 4. The van der Waals surface area contributed by atoms with Crippen molar-refractivity contribution in [3.63, 3.8) is 0 Å². The highest BCUT2D eigenvalue weighted by Crippen LogP contribution is 2.37. The van der Waals surface area contributed by atoms with Gasteiger partial charge in [0.15, 0.2) is 0 Å². The molecular formula is C24H15ClO5. The van der Waals surface area contributed by atoms with E-state index in [9.17, 15) is 14.7 Å². The molecule has 0 fully saturated rings. The molecule has 1 aromatic heterocycles. The van der Waals surface area contributed by atoms with E-state index in [4.69, 9.17) is 21.1 Å². The van der Waals surface area contributed by atoms with Gasteiger partial charge in [-0.05, 0) is 47.0 Å². The number of hydrogen-bond donors (Lipinski definition) is 2. The molecule has 6 heteroatoms. The maximum Gasteiger partial charge on any atom is 0.344 e. The summed E-state index contributed by atoms with van der Waals surface area (Å²) in [6.45, 7) is 0. The average molecular weight is 419 g/mol. The number of phenols is 1. The molecule has 0 saturated carbocycles. The predicted octanol–water partition coefficient (Wildman–Crippen LogP) is 5.58. The molecule has 0 aliphatic heterocycles. The van der Waals surface area contributed by atoms with Crippen LogP contribution in [0.25, 0.3) is 39.3 Å². The van der Waals surface area contributed by atoms with Crippen molar-refractivity contribution in [2.24, 2.45) is 0 Å². The molecule has 4 rings (SSSR count). The third-order valence-corrected chi connectivity index (χ3v) is 4.89. The maximum atomic E-state index is 12.9. The topological polar surface area (TPSA) is 87.7 Å². The van der Waals surface area contributed by atoms with Crippen LogP contribution >= 0.6 is 11.6 Å². The smallest absolute Gasteiger partial charge is 0.344 e. The van der Waals surface area contributed by atoms with Crippen molar-refractivity contribution in [3.05, 3.63) is 93.8 Å². The summed E-state index contributed by atoms with van der Waals surface area (Å²) in [7, 11) is 0. The quantitative estimate of drug-likeness (QED) is 0.333. The van der Waals surface area contributed by atoms with Gasteiger partial charge in [0, 0.05) is 28.1 Å². The second-order valence-electron chi connectivity index (χ2n) is 6.62. The fraction of sp³-hybridized carbons (Fsp3) is 0. The van der Waals surface area contributed by atoms with Crippen molar-refractivity contribution < 1.29 is 19.4 Å². The van der Waals surface area contributed by atoms with Crippen LogP contribution in [0.15, 0.2) is 82.0 Å². The number of hydrogen-bond acceptors (Lipinski definition) is 4. The molecule has 0 bridgehead atoms. The zero-order valence-electron chi connectivity index (χ0n) is 15.5. The van der Waals surface area contributed by atoms with Gasteiger partial charge in [-0.15, -0.1) is 0 Å². The molecule has 4 aromatic rings. The van der Waals surface area contributed by atoms with Crippen molar-refractivity contribution >= 4 is 34.6 Å². The van der Waals surface area contributed by atoms with Crippen molar-refractivity contribution in [1.82, 2.24) is 0 Å². The van der Waals surface area contributed by atoms with Crippen LogP contribution in [0.5, 0.6) is 5.75 Å². The minimum atomic E-state index is -1.03. The van der Waals surface area contributed by atoms with E-state index in [2.05, 4.69) is 0 Å². The molecule has 1 heterocycles. The summed E-state index contributed by atoms with van der Waals surface area (Å²) < 4.78 is 5.48. The molecule has 3 aromatic carbocycles. The van der Waals surface area contributed by atoms with Crippen LogP contribution in [0, 0.1) is 0 Å². The SMILES string of the molecule is O=C(O)/C=C/c1ccc(-c2c(-c3ccc(Cl)cc3)c(=O)oc3cc(O)ccc23)cc1. The van der Waals surface area contributed by atoms with Gasteiger partial charge in [0.1, 0.15) is 11.3 Å². The number of carbonyl (C=O) groups is 1. The van der Waals surface area contributed by atoms with Gasteiger partial charge in [-0.1, -0.05) is 48.0 Å². The highest BCUT2D eigenvalue weighted by Gasteiger charge is 2.18. The van der Waals surface area contributed by atoms with Gasteiger partial charge < -0.3 is 14.6 Å². The van der Waals surface area contributed by atoms with E-state index >= 15 is 0 Å². The Bertz CT molecular complexity index is 1330. The van der Waals surface area contributed by atoms with Gasteiger partial charge in [-0.25, -0.2) is 9.59 Å². The monoisotopic (exact) mass is 418 g/mol. The first-order valence-corrected chi connectivity index (χ1v) is 9.37. The molecule has 5 nitrogen and oxygen atoms in total. The van der Waals surface area contributed by atoms with Gasteiger partial charge in [0.2, 0.25) is 0 Å². The van der Waals surface area contributed by atoms with Gasteiger partial charge in [0.05, 0.1) is 5.56 Å². The Kier molecular flexibility index (Phi) is 5.12. The number of fused-ring (bicyclic) bond motifs is 1. The van der Waals surface area contributed by atoms with Gasteiger partial charge in [-0.3, -0.25) is 0 Å². The van der Waals surface area contributed by atoms with Crippen LogP contribution in [0.4, 0.5) is 0 Å². The van der Waals surface area contributed by atoms with Gasteiger partial charge >= 0.3 is 11.6 Å². The first-order chi connectivity index (χ1) is 14.4. The zero-order valence-corrected chi connectivity index (χ0v) is 16.3. The molecule has 0 saturated heterocycles. The molecule has 0 aliphatic carbocycles. The van der Waals surface area contributed by atoms with Crippen LogP contribution in [-0.4, -0.2) is 16.2 Å². The Morgan fingerprint density at radius 2 is 1.53 bits per heavy atom. The highest BCUT2D eigenvalue weighted by atomic mass is 35.5. The van der Waals surface area contributed by atoms with E-state index < -0.39 is 11.6 Å². The Balaban J connectivity index is 1.98. The second kappa shape index (κ2) is 7.89. The molecule has 0 spiro atoms. The molecule has 0 unspecified atom stereocenters. The summed E-state index contributed by atoms with van der Waals surface area (Å²) in [4.78, 5) is 23.6. The summed E-state index contributed by atoms with van der Waals surface area (Å²) in [5.41, 5.74) is 2.85. The van der Waals surface area contributed by atoms with Crippen molar-refractivity contribution in [1.29, 1.82) is 0 Å². The van der Waals surface area contributed by atoms with Gasteiger partial charge in [0.25, 0.3) is 0 Å². The van der Waals surface area contributed by atoms with E-state index in [1.807, 2.05) is 12.1 Å². The number of aromatic hydroxyl groups is 1. The Morgan fingerprint density at radius 1 is 0.900 bits per heavy atom. The Hall–Kier alpha value is -3.83. The van der Waals surface area contributed by atoms with Crippen molar-refractivity contribution in [2.75, 3.05) is 0 Å². The van der Waals surface area contributed by atoms with Crippen LogP contribution in [0.1, 0.15) is 5.56 Å². The predicted molar refractivity (Wildman–Crippen MR) is 117 cm³/mol. The lowest BCUT2D eigenvalue weighted by Crippen LogP contribution is -2.06. The van der Waals surface area contributed by atoms with Crippen LogP contribution in [-0.2, 0) is 4.79 Å². The van der Waals surface area contributed by atoms with E-state index in [1.165, 1.54) is 18.2 Å². The molecule has 30 heavy (non-hydrogen) atoms. The Labute approximate surface area is 176 Å². The summed E-state index contributed by atoms with van der Waals surface area (Å²) in [6.07, 6.45) is 2.55. The molecule has 148 valence electrons. The lowest BCUT2D eigenvalue weighted by atomic mass is 9.92. The zero-order chi connectivity index (χ0) is 21.3. The molecule has 0 atom stereocenters. The molecule has 0 aliphatic rings. The summed E-state index contributed by atoms with van der Waals surface area (Å²) >= 11 is 6.00. The van der Waals surface area contributed by atoms with Crippen molar-refractivity contribution in [3.8, 4) is 28.0 Å². The minimum absolute atomic E-state index is 0.00926. The van der Waals surface area contributed by atoms with E-state index in [0.717, 1.165) is 11.6 Å². The fourth-order valence-electron chi connectivity index (χ4n) is 3.30. The number of halogens is 1. The standard InChI is InChI=1S/C24H15ClO5/c25-17-8-6-16(7-9-17)23-22(15-4-1-14(2-5-15)3-12-21(27)28)19-11-10-18(26)13-20(19)30-24(23)29/h1-13,26H,(H,27,28)/b12-3+. The summed E-state index contributed by atoms with van der Waals surface area (Å²) in [6, 6.07) is 18.6. The van der Waals surface area contributed by atoms with Crippen LogP contribution in [0.3, 0.4) is 0 Å². The third-order valence-electron chi connectivity index (χ3n) is 4.64. The van der Waals surface area contributed by atoms with Crippen molar-refractivity contribution in [2.45, 2.75) is 0 Å². The minimum Gasteiger partial charge on any atom is -0.508 e. The number of aliphatic carboxylic acids is 1. The van der Waals surface area contributed by atoms with E-state index in [-0.39, 0.29) is 11.3 Å². The highest BCUT2D eigenvalue weighted by molar-refractivity contribution is 6.30. The number of carboxylic acids is 1. The first-order valence-electron chi connectivity index (χ1n) is 8.99. The Morgan fingerprint density at radius 3 is 2.20 bits per heavy atom. The number of carboxylic acid groups (broad SMARTS) is 1. The molecule has 0 radical (unpaired) electrons. The summed E-state index contributed by atoms with van der Waals surface area (Å²) in [5, 5.41) is 19.8. The molecule has 0 amide bonds. The molecular weight excluding hydrogens is 404 g/mol. The first kappa shape index (κ1) is 19.5. The average Bonchev–Trinajstić information content (AvgIpc) is 2.72. The second-order valence-corrected chi connectivity index (χ2v) is 7.06. The van der Waals surface area contributed by atoms with Gasteiger partial charge in [-0.2, -0.15) is 0 Å². The maximum absolute atomic E-state index is 12.9.